The SMILES string of the molecule is Cc1ccc(S(=O)(=O)N(CCCN(C)C)CCCN(C)C)cc1C(F)(F)F. The molecule has 0 aliphatic carbocycles. The fourth-order valence-electron chi connectivity index (χ4n) is 2.69. The summed E-state index contributed by atoms with van der Waals surface area (Å²) in [5.41, 5.74) is -0.904. The Bertz CT molecular complexity index is 690. The maximum absolute atomic E-state index is 13.2. The summed E-state index contributed by atoms with van der Waals surface area (Å²) < 4.78 is 66.9. The molecule has 0 aliphatic rings. The molecule has 0 aromatic heterocycles. The molecule has 0 unspecified atom stereocenters. The molecule has 1 rings (SSSR count). The molecule has 0 fully saturated rings. The van der Waals surface area contributed by atoms with E-state index in [1.165, 1.54) is 23.4 Å². The molecule has 0 N–H and O–H groups in total. The summed E-state index contributed by atoms with van der Waals surface area (Å²) >= 11 is 0. The van der Waals surface area contributed by atoms with Crippen LogP contribution in [0.2, 0.25) is 0 Å². The van der Waals surface area contributed by atoms with Gasteiger partial charge < -0.3 is 9.80 Å². The first-order chi connectivity index (χ1) is 12.4. The van der Waals surface area contributed by atoms with Gasteiger partial charge in [-0.1, -0.05) is 6.07 Å². The number of rotatable bonds is 10. The van der Waals surface area contributed by atoms with Crippen molar-refractivity contribution in [3.63, 3.8) is 0 Å². The van der Waals surface area contributed by atoms with Gasteiger partial charge in [0.15, 0.2) is 0 Å². The summed E-state index contributed by atoms with van der Waals surface area (Å²) in [6.45, 7) is 3.25. The van der Waals surface area contributed by atoms with Gasteiger partial charge in [0.05, 0.1) is 10.5 Å². The van der Waals surface area contributed by atoms with Crippen molar-refractivity contribution in [2.75, 3.05) is 54.4 Å². The maximum Gasteiger partial charge on any atom is 0.416 e. The van der Waals surface area contributed by atoms with Crippen molar-refractivity contribution in [3.05, 3.63) is 29.3 Å². The van der Waals surface area contributed by atoms with Crippen LogP contribution in [0.15, 0.2) is 23.1 Å². The second-order valence-corrected chi connectivity index (χ2v) is 9.13. The Balaban J connectivity index is 3.13. The van der Waals surface area contributed by atoms with Crippen LogP contribution in [0.25, 0.3) is 0 Å². The fraction of sp³-hybridized carbons (Fsp3) is 0.667. The van der Waals surface area contributed by atoms with Crippen LogP contribution < -0.4 is 0 Å². The Hall–Kier alpha value is -1.16. The van der Waals surface area contributed by atoms with E-state index in [9.17, 15) is 21.6 Å². The van der Waals surface area contributed by atoms with Crippen LogP contribution in [-0.4, -0.2) is 76.9 Å². The van der Waals surface area contributed by atoms with E-state index in [0.717, 1.165) is 6.07 Å². The molecule has 0 aliphatic heterocycles. The van der Waals surface area contributed by atoms with Gasteiger partial charge in [0, 0.05) is 13.1 Å². The number of nitrogens with zero attached hydrogens (tertiary/aromatic N) is 3. The molecule has 1 aromatic rings. The first kappa shape index (κ1) is 23.9. The van der Waals surface area contributed by atoms with Crippen molar-refractivity contribution in [3.8, 4) is 0 Å². The van der Waals surface area contributed by atoms with Crippen LogP contribution in [0.5, 0.6) is 0 Å². The lowest BCUT2D eigenvalue weighted by Gasteiger charge is -2.24. The van der Waals surface area contributed by atoms with Crippen molar-refractivity contribution in [2.24, 2.45) is 0 Å². The van der Waals surface area contributed by atoms with Crippen molar-refractivity contribution in [1.82, 2.24) is 14.1 Å². The summed E-state index contributed by atoms with van der Waals surface area (Å²) in [7, 11) is 3.56. The summed E-state index contributed by atoms with van der Waals surface area (Å²) in [6.07, 6.45) is -3.38. The first-order valence-corrected chi connectivity index (χ1v) is 10.3. The fourth-order valence-corrected chi connectivity index (χ4v) is 4.24. The van der Waals surface area contributed by atoms with E-state index >= 15 is 0 Å². The van der Waals surface area contributed by atoms with Crippen molar-refractivity contribution in [2.45, 2.75) is 30.8 Å². The minimum atomic E-state index is -4.59. The zero-order valence-corrected chi connectivity index (χ0v) is 17.5. The van der Waals surface area contributed by atoms with E-state index in [0.29, 0.717) is 25.9 Å². The normalized spacial score (nSPS) is 13.1. The predicted molar refractivity (Wildman–Crippen MR) is 101 cm³/mol. The van der Waals surface area contributed by atoms with E-state index in [2.05, 4.69) is 0 Å². The molecule has 9 heteroatoms. The lowest BCUT2D eigenvalue weighted by Crippen LogP contribution is -2.35. The largest absolute Gasteiger partial charge is 0.416 e. The van der Waals surface area contributed by atoms with Gasteiger partial charge in [0.2, 0.25) is 10.0 Å². The Morgan fingerprint density at radius 2 is 1.37 bits per heavy atom. The van der Waals surface area contributed by atoms with Crippen molar-refractivity contribution >= 4 is 10.0 Å². The molecule has 27 heavy (non-hydrogen) atoms. The molecule has 5 nitrogen and oxygen atoms in total. The molecule has 0 bridgehead atoms. The predicted octanol–water partition coefficient (Wildman–Crippen LogP) is 2.91. The van der Waals surface area contributed by atoms with Crippen LogP contribution in [0.1, 0.15) is 24.0 Å². The van der Waals surface area contributed by atoms with Crippen LogP contribution in [0, 0.1) is 6.92 Å². The van der Waals surface area contributed by atoms with Gasteiger partial charge in [0.1, 0.15) is 0 Å². The molecule has 0 spiro atoms. The van der Waals surface area contributed by atoms with Crippen molar-refractivity contribution in [1.29, 1.82) is 0 Å². The number of hydrogen-bond acceptors (Lipinski definition) is 4. The number of hydrogen-bond donors (Lipinski definition) is 0. The van der Waals surface area contributed by atoms with Gasteiger partial charge in [-0.05, 0) is 78.7 Å². The molecule has 0 atom stereocenters. The number of aryl methyl sites for hydroxylation is 1. The van der Waals surface area contributed by atoms with E-state index in [4.69, 9.17) is 0 Å². The number of benzene rings is 1. The van der Waals surface area contributed by atoms with Gasteiger partial charge in [0.25, 0.3) is 0 Å². The van der Waals surface area contributed by atoms with Gasteiger partial charge in [-0.2, -0.15) is 17.5 Å². The Morgan fingerprint density at radius 3 is 1.78 bits per heavy atom. The maximum atomic E-state index is 13.2. The smallest absolute Gasteiger partial charge is 0.309 e. The second kappa shape index (κ2) is 9.86. The number of halogens is 3. The minimum absolute atomic E-state index is 0.00761. The standard InChI is InChI=1S/C18H30F3N3O2S/c1-15-8-9-16(14-17(15)18(19,20)21)27(25,26)24(12-6-10-22(2)3)13-7-11-23(4)5/h8-9,14H,6-7,10-13H2,1-5H3. The zero-order chi connectivity index (χ0) is 20.8. The number of sulfonamides is 1. The first-order valence-electron chi connectivity index (χ1n) is 8.83. The summed E-state index contributed by atoms with van der Waals surface area (Å²) in [5, 5.41) is 0. The molecule has 0 heterocycles. The number of alkyl halides is 3. The van der Waals surface area contributed by atoms with Gasteiger partial charge in [-0.25, -0.2) is 8.42 Å². The summed E-state index contributed by atoms with van der Waals surface area (Å²) in [5.74, 6) is 0. The zero-order valence-electron chi connectivity index (χ0n) is 16.7. The average molecular weight is 410 g/mol. The molecule has 0 saturated heterocycles. The molecule has 1 aromatic carbocycles. The Kier molecular flexibility index (Phi) is 8.72. The highest BCUT2D eigenvalue weighted by molar-refractivity contribution is 7.89. The van der Waals surface area contributed by atoms with Crippen LogP contribution >= 0.6 is 0 Å². The van der Waals surface area contributed by atoms with Crippen LogP contribution in [0.4, 0.5) is 13.2 Å². The summed E-state index contributed by atoms with van der Waals surface area (Å²) in [4.78, 5) is 3.58. The second-order valence-electron chi connectivity index (χ2n) is 7.19. The highest BCUT2D eigenvalue weighted by Crippen LogP contribution is 2.33. The third-order valence-electron chi connectivity index (χ3n) is 4.18. The van der Waals surface area contributed by atoms with E-state index in [1.54, 1.807) is 0 Å². The molecule has 0 radical (unpaired) electrons. The molecule has 0 amide bonds. The average Bonchev–Trinajstić information content (AvgIpc) is 2.51. The van der Waals surface area contributed by atoms with E-state index < -0.39 is 21.8 Å². The Labute approximate surface area is 160 Å². The molecule has 0 saturated carbocycles. The highest BCUT2D eigenvalue weighted by atomic mass is 32.2. The topological polar surface area (TPSA) is 43.9 Å². The third kappa shape index (κ3) is 7.40. The monoisotopic (exact) mass is 409 g/mol. The minimum Gasteiger partial charge on any atom is -0.309 e. The van der Waals surface area contributed by atoms with Crippen LogP contribution in [0.3, 0.4) is 0 Å². The van der Waals surface area contributed by atoms with Gasteiger partial charge in [-0.15, -0.1) is 0 Å². The highest BCUT2D eigenvalue weighted by Gasteiger charge is 2.34. The molecular weight excluding hydrogens is 379 g/mol. The quantitative estimate of drug-likeness (QED) is 0.596. The van der Waals surface area contributed by atoms with Gasteiger partial charge >= 0.3 is 6.18 Å². The Morgan fingerprint density at radius 1 is 0.889 bits per heavy atom. The van der Waals surface area contributed by atoms with Crippen molar-refractivity contribution < 1.29 is 21.6 Å². The third-order valence-corrected chi connectivity index (χ3v) is 6.07. The summed E-state index contributed by atoms with van der Waals surface area (Å²) in [6, 6.07) is 3.22. The molecule has 156 valence electrons. The van der Waals surface area contributed by atoms with Gasteiger partial charge in [-0.3, -0.25) is 0 Å². The lowest BCUT2D eigenvalue weighted by atomic mass is 10.1. The van der Waals surface area contributed by atoms with E-state index in [-0.39, 0.29) is 23.5 Å². The van der Waals surface area contributed by atoms with Crippen LogP contribution in [-0.2, 0) is 16.2 Å². The van der Waals surface area contributed by atoms with E-state index in [1.807, 2.05) is 38.0 Å². The molecular formula is C18H30F3N3O2S. The lowest BCUT2D eigenvalue weighted by molar-refractivity contribution is -0.138.